The molecule has 0 saturated carbocycles. The lowest BCUT2D eigenvalue weighted by molar-refractivity contribution is -0.132. The maximum atomic E-state index is 12.3. The molecule has 4 nitrogen and oxygen atoms in total. The molecule has 0 spiro atoms. The summed E-state index contributed by atoms with van der Waals surface area (Å²) in [6.07, 6.45) is 3.61. The van der Waals surface area contributed by atoms with Gasteiger partial charge in [-0.05, 0) is 75.4 Å². The van der Waals surface area contributed by atoms with Crippen LogP contribution < -0.4 is 10.1 Å². The van der Waals surface area contributed by atoms with Gasteiger partial charge in [-0.25, -0.2) is 0 Å². The summed E-state index contributed by atoms with van der Waals surface area (Å²) in [4.78, 5) is 14.3. The van der Waals surface area contributed by atoms with Crippen LogP contribution in [0, 0.1) is 19.8 Å². The lowest BCUT2D eigenvalue weighted by atomic mass is 9.96. The summed E-state index contributed by atoms with van der Waals surface area (Å²) in [6.45, 7) is 10.9. The van der Waals surface area contributed by atoms with Crippen LogP contribution in [0.4, 0.5) is 0 Å². The molecule has 0 radical (unpaired) electrons. The van der Waals surface area contributed by atoms with Gasteiger partial charge < -0.3 is 15.0 Å². The fraction of sp³-hybridized carbons (Fsp3) is 0.650. The number of likely N-dealkylation sites (tertiary alicyclic amines) is 1. The summed E-state index contributed by atoms with van der Waals surface area (Å²) >= 11 is 0. The first-order chi connectivity index (χ1) is 11.6. The van der Waals surface area contributed by atoms with Gasteiger partial charge in [-0.2, -0.15) is 0 Å². The molecule has 5 heteroatoms. The van der Waals surface area contributed by atoms with Gasteiger partial charge in [0.05, 0.1) is 6.61 Å². The Balaban J connectivity index is 0.00000312. The van der Waals surface area contributed by atoms with Crippen LogP contribution in [-0.4, -0.2) is 43.6 Å². The Morgan fingerprint density at radius 1 is 1.24 bits per heavy atom. The molecule has 1 aliphatic heterocycles. The molecule has 0 aromatic heterocycles. The van der Waals surface area contributed by atoms with E-state index in [1.54, 1.807) is 0 Å². The standard InChI is InChI=1S/C20H32N2O2.ClH/c1-4-21-15-18-9-11-22(12-10-18)20(23)6-5-13-24-19-8-7-16(2)17(3)14-19;/h7-8,14,18,21H,4-6,9-13,15H2,1-3H3;1H. The van der Waals surface area contributed by atoms with Gasteiger partial charge in [0.15, 0.2) is 0 Å². The van der Waals surface area contributed by atoms with Crippen molar-refractivity contribution in [2.24, 2.45) is 5.92 Å². The van der Waals surface area contributed by atoms with Crippen LogP contribution in [0.5, 0.6) is 5.75 Å². The molecule has 1 aliphatic rings. The van der Waals surface area contributed by atoms with Crippen LogP contribution in [0.2, 0.25) is 0 Å². The molecular weight excluding hydrogens is 336 g/mol. The van der Waals surface area contributed by atoms with E-state index in [0.29, 0.717) is 13.0 Å². The normalized spacial score (nSPS) is 14.9. The number of benzene rings is 1. The molecule has 1 saturated heterocycles. The number of aryl methyl sites for hydroxylation is 2. The Bertz CT molecular complexity index is 528. The van der Waals surface area contributed by atoms with Gasteiger partial charge in [0, 0.05) is 19.5 Å². The van der Waals surface area contributed by atoms with Crippen LogP contribution in [0.25, 0.3) is 0 Å². The summed E-state index contributed by atoms with van der Waals surface area (Å²) in [5.74, 6) is 1.90. The molecule has 142 valence electrons. The fourth-order valence-corrected chi connectivity index (χ4v) is 3.11. The third-order valence-electron chi connectivity index (χ3n) is 4.93. The number of nitrogens with one attached hydrogen (secondary N) is 1. The van der Waals surface area contributed by atoms with E-state index in [1.165, 1.54) is 11.1 Å². The molecule has 0 aliphatic carbocycles. The third-order valence-corrected chi connectivity index (χ3v) is 4.93. The van der Waals surface area contributed by atoms with Crippen molar-refractivity contribution >= 4 is 18.3 Å². The minimum absolute atomic E-state index is 0. The summed E-state index contributed by atoms with van der Waals surface area (Å²) < 4.78 is 5.76. The number of piperidine rings is 1. The molecule has 1 aromatic carbocycles. The molecule has 25 heavy (non-hydrogen) atoms. The van der Waals surface area contributed by atoms with Crippen LogP contribution in [0.1, 0.15) is 43.7 Å². The van der Waals surface area contributed by atoms with Gasteiger partial charge in [0.2, 0.25) is 5.91 Å². The van der Waals surface area contributed by atoms with E-state index in [1.807, 2.05) is 11.0 Å². The zero-order chi connectivity index (χ0) is 17.4. The number of rotatable bonds is 8. The largest absolute Gasteiger partial charge is 0.494 e. The molecule has 0 atom stereocenters. The van der Waals surface area contributed by atoms with E-state index >= 15 is 0 Å². The number of halogens is 1. The number of amides is 1. The zero-order valence-electron chi connectivity index (χ0n) is 15.8. The van der Waals surface area contributed by atoms with Gasteiger partial charge in [0.25, 0.3) is 0 Å². The van der Waals surface area contributed by atoms with Crippen LogP contribution >= 0.6 is 12.4 Å². The van der Waals surface area contributed by atoms with Crippen LogP contribution in [0.15, 0.2) is 18.2 Å². The third kappa shape index (κ3) is 7.25. The highest BCUT2D eigenvalue weighted by Gasteiger charge is 2.21. The van der Waals surface area contributed by atoms with Crippen molar-refractivity contribution in [1.29, 1.82) is 0 Å². The van der Waals surface area contributed by atoms with Crippen molar-refractivity contribution in [3.63, 3.8) is 0 Å². The maximum Gasteiger partial charge on any atom is 0.222 e. The van der Waals surface area contributed by atoms with E-state index in [2.05, 4.69) is 38.2 Å². The molecule has 2 rings (SSSR count). The smallest absolute Gasteiger partial charge is 0.222 e. The topological polar surface area (TPSA) is 41.6 Å². The minimum atomic E-state index is 0. The van der Waals surface area contributed by atoms with Crippen molar-refractivity contribution in [3.8, 4) is 5.75 Å². The SMILES string of the molecule is CCNCC1CCN(C(=O)CCCOc2ccc(C)c(C)c2)CC1.Cl. The molecule has 1 amide bonds. The predicted molar refractivity (Wildman–Crippen MR) is 106 cm³/mol. The number of hydrogen-bond acceptors (Lipinski definition) is 3. The summed E-state index contributed by atoms with van der Waals surface area (Å²) in [5, 5.41) is 3.41. The van der Waals surface area contributed by atoms with Gasteiger partial charge in [-0.15, -0.1) is 12.4 Å². The summed E-state index contributed by atoms with van der Waals surface area (Å²) in [6, 6.07) is 6.14. The molecule has 1 N–H and O–H groups in total. The Morgan fingerprint density at radius 3 is 2.60 bits per heavy atom. The lowest BCUT2D eigenvalue weighted by Crippen LogP contribution is -2.40. The van der Waals surface area contributed by atoms with Gasteiger partial charge in [-0.1, -0.05) is 13.0 Å². The molecular formula is C20H33ClN2O2. The quantitative estimate of drug-likeness (QED) is 0.711. The Kier molecular flexibility index (Phi) is 9.91. The Hall–Kier alpha value is -1.26. The van der Waals surface area contributed by atoms with Gasteiger partial charge in [-0.3, -0.25) is 4.79 Å². The molecule has 0 unspecified atom stereocenters. The molecule has 0 bridgehead atoms. The predicted octanol–water partition coefficient (Wildman–Crippen LogP) is 3.73. The fourth-order valence-electron chi connectivity index (χ4n) is 3.11. The Labute approximate surface area is 158 Å². The van der Waals surface area contributed by atoms with Crippen LogP contribution in [0.3, 0.4) is 0 Å². The second-order valence-corrected chi connectivity index (χ2v) is 6.83. The van der Waals surface area contributed by atoms with Crippen molar-refractivity contribution in [2.75, 3.05) is 32.8 Å². The Morgan fingerprint density at radius 2 is 1.96 bits per heavy atom. The van der Waals surface area contributed by atoms with E-state index in [9.17, 15) is 4.79 Å². The van der Waals surface area contributed by atoms with Crippen molar-refractivity contribution in [2.45, 2.75) is 46.5 Å². The summed E-state index contributed by atoms with van der Waals surface area (Å²) in [7, 11) is 0. The van der Waals surface area contributed by atoms with Crippen molar-refractivity contribution in [1.82, 2.24) is 10.2 Å². The second-order valence-electron chi connectivity index (χ2n) is 6.83. The van der Waals surface area contributed by atoms with E-state index in [-0.39, 0.29) is 18.3 Å². The highest BCUT2D eigenvalue weighted by Crippen LogP contribution is 2.18. The first-order valence-electron chi connectivity index (χ1n) is 9.28. The highest BCUT2D eigenvalue weighted by molar-refractivity contribution is 5.85. The zero-order valence-corrected chi connectivity index (χ0v) is 16.7. The van der Waals surface area contributed by atoms with Crippen molar-refractivity contribution in [3.05, 3.63) is 29.3 Å². The van der Waals surface area contributed by atoms with Crippen LogP contribution in [-0.2, 0) is 4.79 Å². The molecule has 1 fully saturated rings. The second kappa shape index (κ2) is 11.4. The first kappa shape index (κ1) is 21.8. The average Bonchev–Trinajstić information content (AvgIpc) is 2.60. The maximum absolute atomic E-state index is 12.3. The highest BCUT2D eigenvalue weighted by atomic mass is 35.5. The first-order valence-corrected chi connectivity index (χ1v) is 9.28. The number of nitrogens with zero attached hydrogens (tertiary/aromatic N) is 1. The lowest BCUT2D eigenvalue weighted by Gasteiger charge is -2.32. The number of carbonyl (C=O) groups excluding carboxylic acids is 1. The monoisotopic (exact) mass is 368 g/mol. The van der Waals surface area contributed by atoms with Gasteiger partial charge in [0.1, 0.15) is 5.75 Å². The van der Waals surface area contributed by atoms with Crippen molar-refractivity contribution < 1.29 is 9.53 Å². The number of carbonyl (C=O) groups is 1. The van der Waals surface area contributed by atoms with Gasteiger partial charge >= 0.3 is 0 Å². The summed E-state index contributed by atoms with van der Waals surface area (Å²) in [5.41, 5.74) is 2.51. The number of ether oxygens (including phenoxy) is 1. The van der Waals surface area contributed by atoms with E-state index in [4.69, 9.17) is 4.74 Å². The van der Waals surface area contributed by atoms with E-state index in [0.717, 1.165) is 57.1 Å². The van der Waals surface area contributed by atoms with E-state index < -0.39 is 0 Å². The molecule has 1 aromatic rings. The minimum Gasteiger partial charge on any atom is -0.494 e. The average molecular weight is 369 g/mol. The molecule has 1 heterocycles. The number of hydrogen-bond donors (Lipinski definition) is 1.